The molecule has 0 amide bonds. The molecule has 3 rings (SSSR count). The molecule has 1 heterocycles. The number of nitrogen functional groups attached to an aromatic ring is 1. The van der Waals surface area contributed by atoms with E-state index in [1.165, 1.54) is 11.1 Å². The van der Waals surface area contributed by atoms with E-state index in [1.54, 1.807) is 6.07 Å². The minimum absolute atomic E-state index is 0.149. The molecular formula is C15H17ClN4. The van der Waals surface area contributed by atoms with Gasteiger partial charge in [0.25, 0.3) is 0 Å². The van der Waals surface area contributed by atoms with Crippen molar-refractivity contribution >= 4 is 23.4 Å². The fraction of sp³-hybridized carbons (Fsp3) is 0.333. The zero-order valence-electron chi connectivity index (χ0n) is 11.5. The van der Waals surface area contributed by atoms with Crippen LogP contribution in [0.25, 0.3) is 0 Å². The first-order valence-electron chi connectivity index (χ1n) is 6.62. The number of nitrogens with one attached hydrogen (secondary N) is 1. The highest BCUT2D eigenvalue weighted by Crippen LogP contribution is 2.45. The van der Waals surface area contributed by atoms with E-state index in [0.717, 1.165) is 6.42 Å². The Kier molecular flexibility index (Phi) is 3.05. The lowest BCUT2D eigenvalue weighted by Crippen LogP contribution is -2.15. The first kappa shape index (κ1) is 13.2. The SMILES string of the molecule is CC1(C)CC(Nc2cc(Cl)nc(N)n2)c2ccccc21. The van der Waals surface area contributed by atoms with E-state index < -0.39 is 0 Å². The second-order valence-electron chi connectivity index (χ2n) is 5.81. The molecule has 4 nitrogen and oxygen atoms in total. The fourth-order valence-corrected chi connectivity index (χ4v) is 3.15. The zero-order chi connectivity index (χ0) is 14.3. The standard InChI is InChI=1S/C15H17ClN4/c1-15(2)8-11(9-5-3-4-6-10(9)15)18-13-7-12(16)19-14(17)20-13/h3-7,11H,8H2,1-2H3,(H3,17,18,19,20). The molecule has 0 spiro atoms. The molecule has 0 radical (unpaired) electrons. The maximum atomic E-state index is 5.92. The predicted octanol–water partition coefficient (Wildman–Crippen LogP) is 3.55. The number of hydrogen-bond donors (Lipinski definition) is 2. The van der Waals surface area contributed by atoms with Gasteiger partial charge in [-0.2, -0.15) is 4.98 Å². The van der Waals surface area contributed by atoms with Crippen molar-refractivity contribution in [3.05, 3.63) is 46.6 Å². The first-order valence-corrected chi connectivity index (χ1v) is 6.99. The van der Waals surface area contributed by atoms with Crippen LogP contribution in [-0.2, 0) is 5.41 Å². The molecule has 1 unspecified atom stereocenters. The Morgan fingerprint density at radius 1 is 1.30 bits per heavy atom. The van der Waals surface area contributed by atoms with Gasteiger partial charge in [-0.15, -0.1) is 0 Å². The molecule has 20 heavy (non-hydrogen) atoms. The average molecular weight is 289 g/mol. The summed E-state index contributed by atoms with van der Waals surface area (Å²) in [4.78, 5) is 8.06. The summed E-state index contributed by atoms with van der Waals surface area (Å²) < 4.78 is 0. The van der Waals surface area contributed by atoms with Gasteiger partial charge in [0.15, 0.2) is 0 Å². The lowest BCUT2D eigenvalue weighted by molar-refractivity contribution is 0.493. The van der Waals surface area contributed by atoms with Gasteiger partial charge in [-0.25, -0.2) is 4.98 Å². The van der Waals surface area contributed by atoms with Gasteiger partial charge in [-0.1, -0.05) is 49.7 Å². The second kappa shape index (κ2) is 4.63. The van der Waals surface area contributed by atoms with Gasteiger partial charge < -0.3 is 11.1 Å². The number of rotatable bonds is 2. The molecular weight excluding hydrogens is 272 g/mol. The Bertz CT molecular complexity index is 634. The van der Waals surface area contributed by atoms with Crippen LogP contribution < -0.4 is 11.1 Å². The lowest BCUT2D eigenvalue weighted by atomic mass is 9.86. The third-order valence-corrected chi connectivity index (χ3v) is 4.01. The van der Waals surface area contributed by atoms with Gasteiger partial charge in [0.2, 0.25) is 5.95 Å². The summed E-state index contributed by atoms with van der Waals surface area (Å²) in [6, 6.07) is 10.4. The molecule has 1 aliphatic carbocycles. The predicted molar refractivity (Wildman–Crippen MR) is 81.9 cm³/mol. The third-order valence-electron chi connectivity index (χ3n) is 3.81. The second-order valence-corrected chi connectivity index (χ2v) is 6.19. The molecule has 1 aromatic heterocycles. The van der Waals surface area contributed by atoms with Crippen LogP contribution in [0.2, 0.25) is 5.15 Å². The molecule has 1 aliphatic rings. The maximum Gasteiger partial charge on any atom is 0.223 e. The van der Waals surface area contributed by atoms with Crippen molar-refractivity contribution in [1.82, 2.24) is 9.97 Å². The smallest absolute Gasteiger partial charge is 0.223 e. The molecule has 1 aromatic carbocycles. The van der Waals surface area contributed by atoms with Crippen LogP contribution >= 0.6 is 11.6 Å². The molecule has 0 saturated carbocycles. The Morgan fingerprint density at radius 3 is 2.80 bits per heavy atom. The Balaban J connectivity index is 1.93. The topological polar surface area (TPSA) is 63.8 Å². The van der Waals surface area contributed by atoms with E-state index in [9.17, 15) is 0 Å². The minimum Gasteiger partial charge on any atom is -0.368 e. The normalized spacial score (nSPS) is 19.6. The molecule has 0 aliphatic heterocycles. The van der Waals surface area contributed by atoms with Crippen molar-refractivity contribution in [2.24, 2.45) is 0 Å². The van der Waals surface area contributed by atoms with Crippen LogP contribution in [0.5, 0.6) is 0 Å². The van der Waals surface area contributed by atoms with E-state index in [4.69, 9.17) is 17.3 Å². The molecule has 0 bridgehead atoms. The number of benzene rings is 1. The highest BCUT2D eigenvalue weighted by Gasteiger charge is 2.36. The highest BCUT2D eigenvalue weighted by molar-refractivity contribution is 6.29. The summed E-state index contributed by atoms with van der Waals surface area (Å²) >= 11 is 5.92. The molecule has 104 valence electrons. The van der Waals surface area contributed by atoms with Crippen molar-refractivity contribution in [1.29, 1.82) is 0 Å². The van der Waals surface area contributed by atoms with E-state index in [1.807, 2.05) is 0 Å². The van der Waals surface area contributed by atoms with E-state index in [-0.39, 0.29) is 17.4 Å². The molecule has 1 atom stereocenters. The van der Waals surface area contributed by atoms with Gasteiger partial charge >= 0.3 is 0 Å². The maximum absolute atomic E-state index is 5.92. The lowest BCUT2D eigenvalue weighted by Gasteiger charge is -2.19. The highest BCUT2D eigenvalue weighted by atomic mass is 35.5. The van der Waals surface area contributed by atoms with Gasteiger partial charge in [0.1, 0.15) is 11.0 Å². The van der Waals surface area contributed by atoms with Crippen LogP contribution in [-0.4, -0.2) is 9.97 Å². The number of aromatic nitrogens is 2. The molecule has 2 aromatic rings. The monoisotopic (exact) mass is 288 g/mol. The number of nitrogens with zero attached hydrogens (tertiary/aromatic N) is 2. The van der Waals surface area contributed by atoms with Gasteiger partial charge in [-0.05, 0) is 23.0 Å². The quantitative estimate of drug-likeness (QED) is 0.830. The third kappa shape index (κ3) is 2.31. The van der Waals surface area contributed by atoms with Crippen molar-refractivity contribution in [2.75, 3.05) is 11.1 Å². The summed E-state index contributed by atoms with van der Waals surface area (Å²) in [6.07, 6.45) is 1.01. The summed E-state index contributed by atoms with van der Waals surface area (Å²) in [6.45, 7) is 4.52. The van der Waals surface area contributed by atoms with Gasteiger partial charge in [0.05, 0.1) is 6.04 Å². The van der Waals surface area contributed by atoms with Crippen molar-refractivity contribution in [3.8, 4) is 0 Å². The molecule has 0 saturated heterocycles. The first-order chi connectivity index (χ1) is 9.45. The van der Waals surface area contributed by atoms with Crippen LogP contribution in [0.3, 0.4) is 0 Å². The average Bonchev–Trinajstić information content (AvgIpc) is 2.60. The Hall–Kier alpha value is -1.81. The fourth-order valence-electron chi connectivity index (χ4n) is 2.96. The molecule has 0 fully saturated rings. The largest absolute Gasteiger partial charge is 0.368 e. The van der Waals surface area contributed by atoms with Crippen molar-refractivity contribution < 1.29 is 0 Å². The Morgan fingerprint density at radius 2 is 2.05 bits per heavy atom. The minimum atomic E-state index is 0.149. The number of halogens is 1. The molecule has 5 heteroatoms. The van der Waals surface area contributed by atoms with Crippen molar-refractivity contribution in [2.45, 2.75) is 31.7 Å². The summed E-state index contributed by atoms with van der Waals surface area (Å²) in [5.74, 6) is 0.852. The summed E-state index contributed by atoms with van der Waals surface area (Å²) in [7, 11) is 0. The van der Waals surface area contributed by atoms with Gasteiger partial charge in [-0.3, -0.25) is 0 Å². The summed E-state index contributed by atoms with van der Waals surface area (Å²) in [5, 5.41) is 3.77. The zero-order valence-corrected chi connectivity index (χ0v) is 12.3. The van der Waals surface area contributed by atoms with E-state index in [2.05, 4.69) is 53.4 Å². The van der Waals surface area contributed by atoms with E-state index in [0.29, 0.717) is 11.0 Å². The van der Waals surface area contributed by atoms with Gasteiger partial charge in [0, 0.05) is 6.07 Å². The summed E-state index contributed by atoms with van der Waals surface area (Å²) in [5.41, 5.74) is 8.48. The number of nitrogens with two attached hydrogens (primary N) is 1. The molecule has 3 N–H and O–H groups in total. The van der Waals surface area contributed by atoms with Crippen LogP contribution in [0.1, 0.15) is 37.4 Å². The van der Waals surface area contributed by atoms with E-state index >= 15 is 0 Å². The van der Waals surface area contributed by atoms with Crippen LogP contribution in [0.4, 0.5) is 11.8 Å². The Labute approximate surface area is 123 Å². The number of hydrogen-bond acceptors (Lipinski definition) is 4. The van der Waals surface area contributed by atoms with Crippen LogP contribution in [0, 0.1) is 0 Å². The van der Waals surface area contributed by atoms with Crippen molar-refractivity contribution in [3.63, 3.8) is 0 Å². The van der Waals surface area contributed by atoms with Crippen LogP contribution in [0.15, 0.2) is 30.3 Å². The number of fused-ring (bicyclic) bond motifs is 1. The number of anilines is 2.